The smallest absolute Gasteiger partial charge is 0.308 e. The monoisotopic (exact) mass is 614 g/mol. The number of nitrogens with zero attached hydrogens (tertiary/aromatic N) is 3. The molecule has 1 amide bonds. The normalized spacial score (nSPS) is 19.5. The summed E-state index contributed by atoms with van der Waals surface area (Å²) in [6.45, 7) is 4.98. The third-order valence-electron chi connectivity index (χ3n) is 8.35. The van der Waals surface area contributed by atoms with Crippen LogP contribution in [0, 0.1) is 5.92 Å². The van der Waals surface area contributed by atoms with Crippen LogP contribution in [0.4, 0.5) is 0 Å². The molecule has 2 aliphatic rings. The first kappa shape index (κ1) is 33.2. The highest BCUT2D eigenvalue weighted by molar-refractivity contribution is 5.79. The van der Waals surface area contributed by atoms with Gasteiger partial charge in [-0.1, -0.05) is 25.5 Å². The van der Waals surface area contributed by atoms with Crippen molar-refractivity contribution in [3.05, 3.63) is 42.0 Å². The molecule has 1 fully saturated rings. The lowest BCUT2D eigenvalue weighted by Gasteiger charge is -2.30. The van der Waals surface area contributed by atoms with Gasteiger partial charge in [-0.2, -0.15) is 0 Å². The number of para-hydroxylation sites is 2. The molecule has 2 heterocycles. The fraction of sp³-hybridized carbons (Fsp3) is 0.576. The molecule has 0 saturated carbocycles. The molecule has 11 heteroatoms. The third kappa shape index (κ3) is 8.06. The Morgan fingerprint density at radius 1 is 1.02 bits per heavy atom. The predicted molar refractivity (Wildman–Crippen MR) is 166 cm³/mol. The number of rotatable bonds is 16. The minimum Gasteiger partial charge on any atom is -0.493 e. The molecule has 242 valence electrons. The van der Waals surface area contributed by atoms with Gasteiger partial charge < -0.3 is 38.2 Å². The molecule has 0 aromatic heterocycles. The van der Waals surface area contributed by atoms with Crippen LogP contribution in [0.2, 0.25) is 0 Å². The summed E-state index contributed by atoms with van der Waals surface area (Å²) >= 11 is 0. The molecule has 3 atom stereocenters. The number of likely N-dealkylation sites (tertiary alicyclic amines) is 1. The van der Waals surface area contributed by atoms with E-state index in [4.69, 9.17) is 23.7 Å². The molecule has 1 saturated heterocycles. The first-order chi connectivity index (χ1) is 21.1. The van der Waals surface area contributed by atoms with Crippen molar-refractivity contribution in [2.45, 2.75) is 38.1 Å². The topological polar surface area (TPSA) is 107 Å². The van der Waals surface area contributed by atoms with Crippen molar-refractivity contribution in [3.63, 3.8) is 0 Å². The number of carbonyl (C=O) groups excluding carboxylic acids is 1. The molecular weight excluding hydrogens is 566 g/mol. The van der Waals surface area contributed by atoms with Gasteiger partial charge in [-0.15, -0.1) is 0 Å². The number of ether oxygens (including phenoxy) is 5. The number of aliphatic carboxylic acids is 1. The Morgan fingerprint density at radius 2 is 1.73 bits per heavy atom. The number of fused-ring (bicyclic) bond motifs is 1. The Hall–Kier alpha value is -3.70. The second-order valence-corrected chi connectivity index (χ2v) is 12.5. The van der Waals surface area contributed by atoms with Crippen LogP contribution in [0.1, 0.15) is 37.7 Å². The molecule has 0 radical (unpaired) electrons. The van der Waals surface area contributed by atoms with Crippen molar-refractivity contribution >= 4 is 11.9 Å². The Balaban J connectivity index is 1.63. The molecule has 0 bridgehead atoms. The quantitative estimate of drug-likeness (QED) is 0.283. The minimum absolute atomic E-state index is 0.00444. The third-order valence-corrected chi connectivity index (χ3v) is 8.35. The van der Waals surface area contributed by atoms with E-state index in [0.717, 1.165) is 35.9 Å². The number of carboxylic acid groups (broad SMARTS) is 1. The van der Waals surface area contributed by atoms with Crippen LogP contribution in [0.25, 0.3) is 0 Å². The number of methoxy groups -OCH3 is 2. The van der Waals surface area contributed by atoms with Crippen molar-refractivity contribution in [1.29, 1.82) is 0 Å². The van der Waals surface area contributed by atoms with E-state index in [1.807, 2.05) is 34.1 Å². The van der Waals surface area contributed by atoms with Gasteiger partial charge in [0, 0.05) is 32.0 Å². The van der Waals surface area contributed by atoms with E-state index in [9.17, 15) is 14.7 Å². The van der Waals surface area contributed by atoms with E-state index >= 15 is 0 Å². The van der Waals surface area contributed by atoms with Crippen molar-refractivity contribution in [3.8, 4) is 28.7 Å². The van der Waals surface area contributed by atoms with Crippen LogP contribution in [0.5, 0.6) is 28.7 Å². The lowest BCUT2D eigenvalue weighted by molar-refractivity contribution is -0.870. The average molecular weight is 615 g/mol. The van der Waals surface area contributed by atoms with Crippen LogP contribution in [-0.4, -0.2) is 119 Å². The van der Waals surface area contributed by atoms with Gasteiger partial charge in [-0.05, 0) is 36.2 Å². The molecule has 11 nitrogen and oxygen atoms in total. The summed E-state index contributed by atoms with van der Waals surface area (Å²) in [5, 5.41) is 10.6. The highest BCUT2D eigenvalue weighted by atomic mass is 16.7. The van der Waals surface area contributed by atoms with Crippen LogP contribution in [-0.2, 0) is 9.59 Å². The first-order valence-corrected chi connectivity index (χ1v) is 15.3. The lowest BCUT2D eigenvalue weighted by Crippen LogP contribution is -2.47. The van der Waals surface area contributed by atoms with Gasteiger partial charge in [0.2, 0.25) is 18.4 Å². The summed E-state index contributed by atoms with van der Waals surface area (Å²) < 4.78 is 29.3. The summed E-state index contributed by atoms with van der Waals surface area (Å²) in [6, 6.07) is 10.3. The largest absolute Gasteiger partial charge is 0.493 e. The zero-order chi connectivity index (χ0) is 31.9. The van der Waals surface area contributed by atoms with Crippen LogP contribution in [0.3, 0.4) is 0 Å². The van der Waals surface area contributed by atoms with Gasteiger partial charge in [-0.25, -0.2) is 0 Å². The molecule has 44 heavy (non-hydrogen) atoms. The van der Waals surface area contributed by atoms with Crippen molar-refractivity contribution in [1.82, 2.24) is 9.80 Å². The molecule has 2 aromatic carbocycles. The highest BCUT2D eigenvalue weighted by Gasteiger charge is 2.48. The number of hydrogen-bond donors (Lipinski definition) is 1. The summed E-state index contributed by atoms with van der Waals surface area (Å²) in [6.07, 6.45) is 2.78. The van der Waals surface area contributed by atoms with Gasteiger partial charge in [-0.3, -0.25) is 14.5 Å². The number of hydrogen-bond acceptors (Lipinski definition) is 8. The van der Waals surface area contributed by atoms with E-state index in [-0.39, 0.29) is 25.9 Å². The number of amides is 1. The number of carbonyl (C=O) groups is 2. The number of quaternary nitrogens is 1. The molecule has 1 N–H and O–H groups in total. The fourth-order valence-corrected chi connectivity index (χ4v) is 6.03. The zero-order valence-electron chi connectivity index (χ0n) is 26.9. The molecular formula is C33H48N3O8+. The van der Waals surface area contributed by atoms with E-state index < -0.39 is 23.8 Å². The van der Waals surface area contributed by atoms with Gasteiger partial charge in [0.25, 0.3) is 0 Å². The van der Waals surface area contributed by atoms with E-state index in [1.165, 1.54) is 0 Å². The molecule has 3 unspecified atom stereocenters. The van der Waals surface area contributed by atoms with Gasteiger partial charge in [0.1, 0.15) is 6.61 Å². The summed E-state index contributed by atoms with van der Waals surface area (Å²) in [4.78, 5) is 30.7. The SMILES string of the molecule is CCCCN(CCC[N+](C)(C)C)C(=O)CN1CC(c2cc(OC)c3c(c2)OCO3)C(C(=O)O)C1COc1ccccc1OC. The van der Waals surface area contributed by atoms with Crippen molar-refractivity contribution in [2.75, 3.05) is 81.5 Å². The molecule has 0 aliphatic carbocycles. The summed E-state index contributed by atoms with van der Waals surface area (Å²) in [7, 11) is 9.54. The molecule has 4 rings (SSSR count). The second-order valence-electron chi connectivity index (χ2n) is 12.5. The van der Waals surface area contributed by atoms with Crippen LogP contribution < -0.4 is 23.7 Å². The Morgan fingerprint density at radius 3 is 2.39 bits per heavy atom. The maximum atomic E-state index is 13.9. The average Bonchev–Trinajstić information content (AvgIpc) is 3.61. The molecule has 2 aliphatic heterocycles. The maximum absolute atomic E-state index is 13.9. The highest BCUT2D eigenvalue weighted by Crippen LogP contribution is 2.47. The van der Waals surface area contributed by atoms with E-state index in [0.29, 0.717) is 48.4 Å². The fourth-order valence-electron chi connectivity index (χ4n) is 6.03. The number of carboxylic acids is 1. The molecule has 0 spiro atoms. The Labute approximate surface area is 260 Å². The second kappa shape index (κ2) is 14.9. The van der Waals surface area contributed by atoms with Gasteiger partial charge in [0.15, 0.2) is 23.0 Å². The van der Waals surface area contributed by atoms with Crippen LogP contribution >= 0.6 is 0 Å². The Bertz CT molecular complexity index is 1280. The standard InChI is InChI=1S/C33H47N3O8/c1-7-8-14-34(15-11-16-36(2,3)4)30(37)20-35-19-24(23-17-28(41-6)32-29(18-23)43-22-44-32)31(33(38)39)25(35)21-42-27-13-10-9-12-26(27)40-5/h9-10,12-13,17-18,24-25,31H,7-8,11,14-16,19-22H2,1-6H3/p+1. The van der Waals surface area contributed by atoms with E-state index in [1.54, 1.807) is 26.4 Å². The maximum Gasteiger partial charge on any atom is 0.308 e. The van der Waals surface area contributed by atoms with Crippen molar-refractivity contribution < 1.29 is 42.9 Å². The Kier molecular flexibility index (Phi) is 11.2. The number of unbranched alkanes of at least 4 members (excludes halogenated alkanes) is 1. The minimum atomic E-state index is -0.957. The summed E-state index contributed by atoms with van der Waals surface area (Å²) in [5.41, 5.74) is 0.751. The van der Waals surface area contributed by atoms with Crippen LogP contribution in [0.15, 0.2) is 36.4 Å². The van der Waals surface area contributed by atoms with Crippen molar-refractivity contribution in [2.24, 2.45) is 5.92 Å². The van der Waals surface area contributed by atoms with Gasteiger partial charge >= 0.3 is 5.97 Å². The zero-order valence-corrected chi connectivity index (χ0v) is 26.9. The number of benzene rings is 2. The van der Waals surface area contributed by atoms with E-state index in [2.05, 4.69) is 28.1 Å². The first-order valence-electron chi connectivity index (χ1n) is 15.3. The lowest BCUT2D eigenvalue weighted by atomic mass is 9.85. The summed E-state index contributed by atoms with van der Waals surface area (Å²) in [5.74, 6) is 0.313. The van der Waals surface area contributed by atoms with Gasteiger partial charge in [0.05, 0.1) is 60.4 Å². The predicted octanol–water partition coefficient (Wildman–Crippen LogP) is 3.71. The molecule has 2 aromatic rings.